The summed E-state index contributed by atoms with van der Waals surface area (Å²) in [5.41, 5.74) is 3.35. The zero-order valence-electron chi connectivity index (χ0n) is 19.4. The van der Waals surface area contributed by atoms with Crippen LogP contribution in [0.25, 0.3) is 10.9 Å². The highest BCUT2D eigenvalue weighted by molar-refractivity contribution is 5.86. The number of nitrogens with one attached hydrogen (secondary N) is 3. The van der Waals surface area contributed by atoms with Gasteiger partial charge >= 0.3 is 0 Å². The molecular weight excluding hydrogens is 414 g/mol. The molecule has 4 heterocycles. The average Bonchev–Trinajstić information content (AvgIpc) is 3.54. The molecular formula is C25H35N7O. The second-order valence-electron chi connectivity index (χ2n) is 9.30. The summed E-state index contributed by atoms with van der Waals surface area (Å²) in [7, 11) is 0. The largest absolute Gasteiger partial charge is 0.381 e. The quantitative estimate of drug-likeness (QED) is 0.396. The summed E-state index contributed by atoms with van der Waals surface area (Å²) in [5.74, 6) is 2.09. The first-order valence-corrected chi connectivity index (χ1v) is 12.4. The van der Waals surface area contributed by atoms with Crippen molar-refractivity contribution >= 4 is 28.4 Å². The fraction of sp³-hybridized carbons (Fsp3) is 0.560. The average molecular weight is 450 g/mol. The molecule has 33 heavy (non-hydrogen) atoms. The van der Waals surface area contributed by atoms with Crippen molar-refractivity contribution in [1.29, 1.82) is 0 Å². The molecule has 3 aromatic rings. The highest BCUT2D eigenvalue weighted by Crippen LogP contribution is 2.26. The summed E-state index contributed by atoms with van der Waals surface area (Å²) in [5, 5.41) is 15.5. The number of aromatic amines is 1. The van der Waals surface area contributed by atoms with E-state index in [4.69, 9.17) is 4.74 Å². The maximum atomic E-state index is 5.45. The van der Waals surface area contributed by atoms with Crippen molar-refractivity contribution in [2.75, 3.05) is 50.0 Å². The number of rotatable bonds is 10. The van der Waals surface area contributed by atoms with Crippen LogP contribution in [-0.2, 0) is 11.2 Å². The maximum absolute atomic E-state index is 5.45. The molecule has 0 atom stereocenters. The number of fused-ring (bicyclic) bond motifs is 1. The summed E-state index contributed by atoms with van der Waals surface area (Å²) in [6.45, 7) is 6.40. The zero-order chi connectivity index (χ0) is 22.3. The molecule has 0 aliphatic carbocycles. The molecule has 1 aromatic carbocycles. The van der Waals surface area contributed by atoms with E-state index in [1.165, 1.54) is 56.3 Å². The van der Waals surface area contributed by atoms with Crippen LogP contribution in [0.1, 0.15) is 44.1 Å². The Morgan fingerprint density at radius 1 is 1.12 bits per heavy atom. The Bertz CT molecular complexity index is 1020. The minimum atomic E-state index is 0.603. The van der Waals surface area contributed by atoms with E-state index >= 15 is 0 Å². The van der Waals surface area contributed by atoms with Crippen LogP contribution < -0.4 is 10.6 Å². The first-order chi connectivity index (χ1) is 16.3. The van der Waals surface area contributed by atoms with Gasteiger partial charge in [-0.3, -0.25) is 5.10 Å². The molecule has 8 heteroatoms. The number of anilines is 3. The van der Waals surface area contributed by atoms with E-state index in [0.717, 1.165) is 56.0 Å². The SMILES string of the molecule is c1cc(NCC2CCOCC2)nc(Nc2cc(CCCCN3CCCC3)c3cn[nH]c3c2)n1. The van der Waals surface area contributed by atoms with E-state index in [0.29, 0.717) is 11.9 Å². The smallest absolute Gasteiger partial charge is 0.229 e. The molecule has 0 spiro atoms. The molecule has 8 nitrogen and oxygen atoms in total. The Kier molecular flexibility index (Phi) is 7.33. The fourth-order valence-corrected chi connectivity index (χ4v) is 4.91. The van der Waals surface area contributed by atoms with E-state index < -0.39 is 0 Å². The van der Waals surface area contributed by atoms with Gasteiger partial charge in [-0.05, 0) is 94.3 Å². The van der Waals surface area contributed by atoms with E-state index in [1.54, 1.807) is 6.20 Å². The van der Waals surface area contributed by atoms with Crippen LogP contribution in [0.3, 0.4) is 0 Å². The number of H-pyrrole nitrogens is 1. The normalized spacial score (nSPS) is 17.6. The molecule has 2 aliphatic heterocycles. The third-order valence-electron chi connectivity index (χ3n) is 6.84. The number of unbranched alkanes of at least 4 members (excludes halogenated alkanes) is 1. The second kappa shape index (κ2) is 10.9. The van der Waals surface area contributed by atoms with Gasteiger partial charge in [-0.2, -0.15) is 10.1 Å². The molecule has 176 valence electrons. The van der Waals surface area contributed by atoms with Gasteiger partial charge in [0, 0.05) is 37.0 Å². The van der Waals surface area contributed by atoms with E-state index in [1.807, 2.05) is 12.3 Å². The predicted octanol–water partition coefficient (Wildman–Crippen LogP) is 4.35. The van der Waals surface area contributed by atoms with E-state index in [-0.39, 0.29) is 0 Å². The Hall–Kier alpha value is -2.71. The molecule has 5 rings (SSSR count). The molecule has 2 saturated heterocycles. The van der Waals surface area contributed by atoms with Crippen molar-refractivity contribution in [1.82, 2.24) is 25.1 Å². The number of nitrogens with zero attached hydrogens (tertiary/aromatic N) is 4. The van der Waals surface area contributed by atoms with Crippen molar-refractivity contribution in [3.05, 3.63) is 36.2 Å². The zero-order valence-corrected chi connectivity index (χ0v) is 19.4. The van der Waals surface area contributed by atoms with Gasteiger partial charge in [0.05, 0.1) is 11.7 Å². The van der Waals surface area contributed by atoms with Crippen LogP contribution in [0.4, 0.5) is 17.5 Å². The molecule has 3 N–H and O–H groups in total. The van der Waals surface area contributed by atoms with Gasteiger partial charge in [-0.1, -0.05) is 0 Å². The molecule has 0 unspecified atom stereocenters. The predicted molar refractivity (Wildman–Crippen MR) is 132 cm³/mol. The first kappa shape index (κ1) is 22.1. The van der Waals surface area contributed by atoms with Crippen molar-refractivity contribution in [2.24, 2.45) is 5.92 Å². The van der Waals surface area contributed by atoms with Crippen LogP contribution in [0, 0.1) is 5.92 Å². The third-order valence-corrected chi connectivity index (χ3v) is 6.84. The topological polar surface area (TPSA) is 91.0 Å². The van der Waals surface area contributed by atoms with Crippen LogP contribution in [0.5, 0.6) is 0 Å². The van der Waals surface area contributed by atoms with Crippen LogP contribution in [0.15, 0.2) is 30.6 Å². The molecule has 0 amide bonds. The summed E-state index contributed by atoms with van der Waals surface area (Å²) < 4.78 is 5.45. The van der Waals surface area contributed by atoms with Crippen LogP contribution >= 0.6 is 0 Å². The van der Waals surface area contributed by atoms with Gasteiger partial charge in [-0.15, -0.1) is 0 Å². The number of aromatic nitrogens is 4. The summed E-state index contributed by atoms with van der Waals surface area (Å²) in [4.78, 5) is 11.7. The summed E-state index contributed by atoms with van der Waals surface area (Å²) >= 11 is 0. The lowest BCUT2D eigenvalue weighted by Crippen LogP contribution is -2.23. The lowest BCUT2D eigenvalue weighted by molar-refractivity contribution is 0.0699. The van der Waals surface area contributed by atoms with Crippen LogP contribution in [0.2, 0.25) is 0 Å². The lowest BCUT2D eigenvalue weighted by Gasteiger charge is -2.22. The number of benzene rings is 1. The molecule has 2 aliphatic rings. The van der Waals surface area contributed by atoms with E-state index in [9.17, 15) is 0 Å². The Balaban J connectivity index is 1.21. The number of likely N-dealkylation sites (tertiary alicyclic amines) is 1. The maximum Gasteiger partial charge on any atom is 0.229 e. The van der Waals surface area contributed by atoms with Crippen molar-refractivity contribution < 1.29 is 4.74 Å². The number of hydrogen-bond donors (Lipinski definition) is 3. The minimum absolute atomic E-state index is 0.603. The second-order valence-corrected chi connectivity index (χ2v) is 9.30. The van der Waals surface area contributed by atoms with Crippen LogP contribution in [-0.4, -0.2) is 64.5 Å². The lowest BCUT2D eigenvalue weighted by atomic mass is 10.0. The molecule has 0 radical (unpaired) electrons. The number of ether oxygens (including phenoxy) is 1. The molecule has 2 fully saturated rings. The molecule has 2 aromatic heterocycles. The standard InChI is InChI=1S/C25H35N7O/c1(2-10-32-11-3-4-12-32)5-20-15-21(16-23-22(20)18-28-31-23)29-25-26-9-6-24(30-25)27-17-19-7-13-33-14-8-19/h6,9,15-16,18-19H,1-5,7-8,10-14,17H2,(H,28,31)(H2,26,27,29,30). The summed E-state index contributed by atoms with van der Waals surface area (Å²) in [6, 6.07) is 6.23. The highest BCUT2D eigenvalue weighted by atomic mass is 16.5. The van der Waals surface area contributed by atoms with Gasteiger partial charge in [0.25, 0.3) is 0 Å². The number of aryl methyl sites for hydroxylation is 1. The molecule has 0 bridgehead atoms. The first-order valence-electron chi connectivity index (χ1n) is 12.4. The van der Waals surface area contributed by atoms with Crippen molar-refractivity contribution in [3.8, 4) is 0 Å². The molecule has 0 saturated carbocycles. The van der Waals surface area contributed by atoms with Crippen molar-refractivity contribution in [2.45, 2.75) is 44.9 Å². The van der Waals surface area contributed by atoms with Gasteiger partial charge in [0.1, 0.15) is 5.82 Å². The van der Waals surface area contributed by atoms with E-state index in [2.05, 4.69) is 47.8 Å². The monoisotopic (exact) mass is 449 g/mol. The van der Waals surface area contributed by atoms with Gasteiger partial charge in [0.15, 0.2) is 0 Å². The van der Waals surface area contributed by atoms with Crippen molar-refractivity contribution in [3.63, 3.8) is 0 Å². The van der Waals surface area contributed by atoms with Gasteiger partial charge in [0.2, 0.25) is 5.95 Å². The Morgan fingerprint density at radius 3 is 2.88 bits per heavy atom. The van der Waals surface area contributed by atoms with Gasteiger partial charge in [-0.25, -0.2) is 4.98 Å². The number of hydrogen-bond acceptors (Lipinski definition) is 7. The Morgan fingerprint density at radius 2 is 2.00 bits per heavy atom. The third kappa shape index (κ3) is 6.00. The van der Waals surface area contributed by atoms with Gasteiger partial charge < -0.3 is 20.3 Å². The Labute approximate surface area is 195 Å². The fourth-order valence-electron chi connectivity index (χ4n) is 4.91. The minimum Gasteiger partial charge on any atom is -0.381 e. The summed E-state index contributed by atoms with van der Waals surface area (Å²) in [6.07, 6.45) is 12.1. The highest BCUT2D eigenvalue weighted by Gasteiger charge is 2.14.